The predicted molar refractivity (Wildman–Crippen MR) is 82.9 cm³/mol. The van der Waals surface area contributed by atoms with Gasteiger partial charge in [-0.1, -0.05) is 30.8 Å². The molecule has 3 N–H and O–H groups in total. The Kier molecular flexibility index (Phi) is 5.14. The largest absolute Gasteiger partial charge is 0.326 e. The minimum atomic E-state index is -0.283. The van der Waals surface area contributed by atoms with Crippen LogP contribution in [0.2, 0.25) is 0 Å². The van der Waals surface area contributed by atoms with E-state index in [2.05, 4.69) is 9.97 Å². The van der Waals surface area contributed by atoms with Crippen molar-refractivity contribution in [1.29, 1.82) is 0 Å². The zero-order valence-electron chi connectivity index (χ0n) is 12.0. The Bertz CT molecular complexity index is 657. The van der Waals surface area contributed by atoms with Gasteiger partial charge < -0.3 is 10.7 Å². The van der Waals surface area contributed by atoms with Crippen LogP contribution >= 0.6 is 11.8 Å². The summed E-state index contributed by atoms with van der Waals surface area (Å²) in [6.07, 6.45) is 0.769. The van der Waals surface area contributed by atoms with Crippen LogP contribution in [0, 0.1) is 12.7 Å². The number of hydrogen-bond donors (Lipinski definition) is 2. The van der Waals surface area contributed by atoms with E-state index in [1.54, 1.807) is 19.1 Å². The van der Waals surface area contributed by atoms with Crippen LogP contribution in [0.4, 0.5) is 4.39 Å². The van der Waals surface area contributed by atoms with Crippen molar-refractivity contribution in [3.8, 4) is 0 Å². The molecule has 0 fully saturated rings. The first-order valence-electron chi connectivity index (χ1n) is 6.75. The number of aromatic amines is 1. The van der Waals surface area contributed by atoms with Crippen molar-refractivity contribution in [3.63, 3.8) is 0 Å². The third-order valence-electron chi connectivity index (χ3n) is 3.15. The molecular weight excluding hydrogens is 289 g/mol. The number of benzene rings is 1. The number of aryl methyl sites for hydroxylation is 1. The number of hydrogen-bond acceptors (Lipinski definition) is 4. The molecule has 21 heavy (non-hydrogen) atoms. The molecule has 1 heterocycles. The molecule has 0 aliphatic heterocycles. The lowest BCUT2D eigenvalue weighted by molar-refractivity contribution is 0.617. The molecule has 0 spiro atoms. The Morgan fingerprint density at radius 3 is 2.62 bits per heavy atom. The fourth-order valence-electron chi connectivity index (χ4n) is 2.00. The van der Waals surface area contributed by atoms with Crippen LogP contribution in [0.3, 0.4) is 0 Å². The maximum Gasteiger partial charge on any atom is 0.251 e. The first-order chi connectivity index (χ1) is 9.99. The second kappa shape index (κ2) is 6.87. The molecule has 0 aliphatic rings. The van der Waals surface area contributed by atoms with Crippen LogP contribution in [0.15, 0.2) is 40.3 Å². The molecule has 2 unspecified atom stereocenters. The molecule has 6 heteroatoms. The zero-order valence-corrected chi connectivity index (χ0v) is 12.8. The summed E-state index contributed by atoms with van der Waals surface area (Å²) in [4.78, 5) is 18.5. The van der Waals surface area contributed by atoms with Gasteiger partial charge in [-0.3, -0.25) is 4.79 Å². The maximum absolute atomic E-state index is 13.1. The van der Waals surface area contributed by atoms with Crippen molar-refractivity contribution >= 4 is 11.8 Å². The van der Waals surface area contributed by atoms with Gasteiger partial charge in [0.2, 0.25) is 0 Å². The van der Waals surface area contributed by atoms with Crippen LogP contribution in [0.25, 0.3) is 0 Å². The maximum atomic E-state index is 13.1. The van der Waals surface area contributed by atoms with Crippen LogP contribution in [-0.2, 0) is 0 Å². The third-order valence-corrected chi connectivity index (χ3v) is 4.44. The number of nitrogens with two attached hydrogens (primary N) is 1. The van der Waals surface area contributed by atoms with Crippen LogP contribution < -0.4 is 11.3 Å². The van der Waals surface area contributed by atoms with E-state index in [9.17, 15) is 9.18 Å². The monoisotopic (exact) mass is 307 g/mol. The lowest BCUT2D eigenvalue weighted by Crippen LogP contribution is -2.26. The molecule has 1 aromatic heterocycles. The van der Waals surface area contributed by atoms with Gasteiger partial charge in [-0.25, -0.2) is 9.37 Å². The molecular formula is C15H18FN3OS. The highest BCUT2D eigenvalue weighted by Gasteiger charge is 2.21. The molecule has 112 valence electrons. The van der Waals surface area contributed by atoms with E-state index in [0.29, 0.717) is 10.9 Å². The topological polar surface area (TPSA) is 71.8 Å². The number of rotatable bonds is 5. The Morgan fingerprint density at radius 1 is 1.38 bits per heavy atom. The SMILES string of the molecule is CCC(N)C(Sc1nc(C)cc(=O)[nH]1)c1ccc(F)cc1. The van der Waals surface area contributed by atoms with Gasteiger partial charge in [0.25, 0.3) is 5.56 Å². The van der Waals surface area contributed by atoms with Crippen molar-refractivity contribution in [1.82, 2.24) is 9.97 Å². The summed E-state index contributed by atoms with van der Waals surface area (Å²) in [5.74, 6) is -0.283. The summed E-state index contributed by atoms with van der Waals surface area (Å²) < 4.78 is 13.1. The summed E-state index contributed by atoms with van der Waals surface area (Å²) in [5.41, 5.74) is 7.56. The number of halogens is 1. The number of nitrogens with zero attached hydrogens (tertiary/aromatic N) is 1. The summed E-state index contributed by atoms with van der Waals surface area (Å²) in [6.45, 7) is 3.76. The summed E-state index contributed by atoms with van der Waals surface area (Å²) in [7, 11) is 0. The van der Waals surface area contributed by atoms with Crippen molar-refractivity contribution in [2.75, 3.05) is 0 Å². The Morgan fingerprint density at radius 2 is 2.05 bits per heavy atom. The first kappa shape index (κ1) is 15.7. The van der Waals surface area contributed by atoms with E-state index < -0.39 is 0 Å². The normalized spacial score (nSPS) is 13.9. The summed E-state index contributed by atoms with van der Waals surface area (Å²) >= 11 is 1.39. The fourth-order valence-corrected chi connectivity index (χ4v) is 3.25. The van der Waals surface area contributed by atoms with Gasteiger partial charge >= 0.3 is 0 Å². The second-order valence-electron chi connectivity index (χ2n) is 4.85. The highest BCUT2D eigenvalue weighted by molar-refractivity contribution is 7.99. The molecule has 2 rings (SSSR count). The average molecular weight is 307 g/mol. The first-order valence-corrected chi connectivity index (χ1v) is 7.63. The number of thioether (sulfide) groups is 1. The van der Waals surface area contributed by atoms with Crippen LogP contribution in [0.5, 0.6) is 0 Å². The van der Waals surface area contributed by atoms with Gasteiger partial charge in [-0.2, -0.15) is 0 Å². The quantitative estimate of drug-likeness (QED) is 0.658. The molecule has 2 atom stereocenters. The van der Waals surface area contributed by atoms with E-state index in [1.807, 2.05) is 6.92 Å². The number of nitrogens with one attached hydrogen (secondary N) is 1. The Hall–Kier alpha value is -1.66. The lowest BCUT2D eigenvalue weighted by Gasteiger charge is -2.22. The molecule has 0 bridgehead atoms. The third kappa shape index (κ3) is 4.15. The fraction of sp³-hybridized carbons (Fsp3) is 0.333. The van der Waals surface area contributed by atoms with Gasteiger partial charge in [0, 0.05) is 17.8 Å². The zero-order chi connectivity index (χ0) is 15.4. The molecule has 2 aromatic rings. The van der Waals surface area contributed by atoms with Gasteiger partial charge in [0.15, 0.2) is 5.16 Å². The van der Waals surface area contributed by atoms with E-state index in [-0.39, 0.29) is 22.7 Å². The minimum absolute atomic E-state index is 0.0967. The van der Waals surface area contributed by atoms with Crippen molar-refractivity contribution in [2.24, 2.45) is 5.73 Å². The number of H-pyrrole nitrogens is 1. The molecule has 1 aromatic carbocycles. The molecule has 0 saturated carbocycles. The Labute approximate surface area is 127 Å². The second-order valence-corrected chi connectivity index (χ2v) is 5.98. The van der Waals surface area contributed by atoms with E-state index in [0.717, 1.165) is 12.0 Å². The minimum Gasteiger partial charge on any atom is -0.326 e. The van der Waals surface area contributed by atoms with Gasteiger partial charge in [0.05, 0.1) is 5.25 Å². The van der Waals surface area contributed by atoms with E-state index in [4.69, 9.17) is 5.73 Å². The van der Waals surface area contributed by atoms with Gasteiger partial charge in [-0.15, -0.1) is 0 Å². The van der Waals surface area contributed by atoms with E-state index >= 15 is 0 Å². The standard InChI is InChI=1S/C15H18FN3OS/c1-3-12(17)14(10-4-6-11(16)7-5-10)21-15-18-9(2)8-13(20)19-15/h4-8,12,14H,3,17H2,1-2H3,(H,18,19,20). The molecule has 0 radical (unpaired) electrons. The van der Waals surface area contributed by atoms with Crippen LogP contribution in [-0.4, -0.2) is 16.0 Å². The average Bonchev–Trinajstić information content (AvgIpc) is 2.44. The Balaban J connectivity index is 2.32. The smallest absolute Gasteiger partial charge is 0.251 e. The van der Waals surface area contributed by atoms with Gasteiger partial charge in [-0.05, 0) is 31.0 Å². The highest BCUT2D eigenvalue weighted by Crippen LogP contribution is 2.36. The summed E-state index contributed by atoms with van der Waals surface area (Å²) in [6, 6.07) is 7.59. The van der Waals surface area contributed by atoms with E-state index in [1.165, 1.54) is 30.0 Å². The van der Waals surface area contributed by atoms with Gasteiger partial charge in [0.1, 0.15) is 5.82 Å². The van der Waals surface area contributed by atoms with Crippen molar-refractivity contribution in [2.45, 2.75) is 36.7 Å². The molecule has 0 aliphatic carbocycles. The predicted octanol–water partition coefficient (Wildman–Crippen LogP) is 2.79. The molecule has 4 nitrogen and oxygen atoms in total. The van der Waals surface area contributed by atoms with Crippen molar-refractivity contribution < 1.29 is 4.39 Å². The van der Waals surface area contributed by atoms with Crippen molar-refractivity contribution in [3.05, 3.63) is 57.8 Å². The molecule has 0 amide bonds. The lowest BCUT2D eigenvalue weighted by atomic mass is 10.0. The number of aromatic nitrogens is 2. The molecule has 0 saturated heterocycles. The summed E-state index contributed by atoms with van der Waals surface area (Å²) in [5, 5.41) is 0.429. The highest BCUT2D eigenvalue weighted by atomic mass is 32.2. The van der Waals surface area contributed by atoms with Crippen LogP contribution in [0.1, 0.15) is 29.9 Å².